The zero-order valence-corrected chi connectivity index (χ0v) is 14.3. The summed E-state index contributed by atoms with van der Waals surface area (Å²) in [6, 6.07) is 5.67. The van der Waals surface area contributed by atoms with Crippen LogP contribution in [-0.4, -0.2) is 13.2 Å². The lowest BCUT2D eigenvalue weighted by molar-refractivity contribution is 0.116. The molecule has 0 fully saturated rings. The summed E-state index contributed by atoms with van der Waals surface area (Å²) >= 11 is 6.76. The van der Waals surface area contributed by atoms with Crippen molar-refractivity contribution in [3.05, 3.63) is 32.7 Å². The molecule has 0 spiro atoms. The van der Waals surface area contributed by atoms with Crippen molar-refractivity contribution in [3.63, 3.8) is 0 Å². The molecular weight excluding hydrogens is 387 g/mol. The van der Waals surface area contributed by atoms with E-state index >= 15 is 0 Å². The van der Waals surface area contributed by atoms with Crippen molar-refractivity contribution in [3.8, 4) is 0 Å². The van der Waals surface area contributed by atoms with Crippen molar-refractivity contribution < 1.29 is 18.1 Å². The van der Waals surface area contributed by atoms with Crippen LogP contribution in [0.4, 0.5) is 0 Å². The first-order valence-corrected chi connectivity index (χ1v) is 8.52. The third kappa shape index (κ3) is 5.51. The van der Waals surface area contributed by atoms with Crippen LogP contribution in [0.1, 0.15) is 19.4 Å². The van der Waals surface area contributed by atoms with Crippen molar-refractivity contribution in [1.29, 1.82) is 0 Å². The summed E-state index contributed by atoms with van der Waals surface area (Å²) < 4.78 is 29.3. The molecule has 1 aromatic rings. The Morgan fingerprint density at radius 3 is 1.94 bits per heavy atom. The Balaban J connectivity index is 2.69. The van der Waals surface area contributed by atoms with Gasteiger partial charge in [0, 0.05) is 8.95 Å². The molecule has 0 aromatic heterocycles. The first kappa shape index (κ1) is 16.3. The summed E-state index contributed by atoms with van der Waals surface area (Å²) in [6.07, 6.45) is 0. The van der Waals surface area contributed by atoms with Crippen molar-refractivity contribution in [2.24, 2.45) is 0 Å². The van der Waals surface area contributed by atoms with Crippen molar-refractivity contribution in [2.45, 2.75) is 20.5 Å². The van der Waals surface area contributed by atoms with E-state index in [2.05, 4.69) is 31.9 Å². The second-order valence-corrected chi connectivity index (χ2v) is 6.83. The largest absolute Gasteiger partial charge is 0.475 e. The number of hydrogen-bond donors (Lipinski definition) is 0. The van der Waals surface area contributed by atoms with Crippen molar-refractivity contribution >= 4 is 39.7 Å². The molecule has 0 aliphatic carbocycles. The van der Waals surface area contributed by atoms with E-state index in [-0.39, 0.29) is 19.8 Å². The van der Waals surface area contributed by atoms with E-state index in [0.717, 1.165) is 14.5 Å². The fourth-order valence-electron chi connectivity index (χ4n) is 1.28. The van der Waals surface area contributed by atoms with Gasteiger partial charge in [0.15, 0.2) is 0 Å². The van der Waals surface area contributed by atoms with E-state index in [9.17, 15) is 4.57 Å². The van der Waals surface area contributed by atoms with Crippen molar-refractivity contribution in [2.75, 3.05) is 13.2 Å². The van der Waals surface area contributed by atoms with Crippen LogP contribution in [0.3, 0.4) is 0 Å². The molecule has 0 aliphatic heterocycles. The minimum absolute atomic E-state index is 0.162. The Morgan fingerprint density at radius 2 is 1.50 bits per heavy atom. The Kier molecular flexibility index (Phi) is 7.06. The third-order valence-corrected chi connectivity index (χ3v) is 4.40. The zero-order chi connectivity index (χ0) is 13.6. The SMILES string of the molecule is CCOP(=O)(OCC)OCc1cc(Br)cc(Br)c1. The van der Waals surface area contributed by atoms with Gasteiger partial charge in [-0.25, -0.2) is 4.57 Å². The van der Waals surface area contributed by atoms with E-state index in [0.29, 0.717) is 0 Å². The van der Waals surface area contributed by atoms with E-state index in [1.807, 2.05) is 18.2 Å². The molecule has 0 bridgehead atoms. The summed E-state index contributed by atoms with van der Waals surface area (Å²) in [4.78, 5) is 0. The second-order valence-electron chi connectivity index (χ2n) is 3.33. The lowest BCUT2D eigenvalue weighted by Gasteiger charge is -2.16. The summed E-state index contributed by atoms with van der Waals surface area (Å²) in [7, 11) is -3.45. The lowest BCUT2D eigenvalue weighted by Crippen LogP contribution is -2.00. The Hall–Kier alpha value is 0.290. The minimum atomic E-state index is -3.45. The van der Waals surface area contributed by atoms with Gasteiger partial charge in [0.25, 0.3) is 0 Å². The summed E-state index contributed by atoms with van der Waals surface area (Å²) in [5.41, 5.74) is 0.871. The van der Waals surface area contributed by atoms with Gasteiger partial charge in [-0.15, -0.1) is 0 Å². The molecule has 0 saturated heterocycles. The van der Waals surface area contributed by atoms with Gasteiger partial charge in [-0.1, -0.05) is 31.9 Å². The van der Waals surface area contributed by atoms with Crippen LogP contribution in [-0.2, 0) is 24.7 Å². The van der Waals surface area contributed by atoms with Crippen LogP contribution < -0.4 is 0 Å². The zero-order valence-electron chi connectivity index (χ0n) is 10.2. The van der Waals surface area contributed by atoms with Gasteiger partial charge in [0.05, 0.1) is 19.8 Å². The average molecular weight is 402 g/mol. The van der Waals surface area contributed by atoms with Gasteiger partial charge >= 0.3 is 7.82 Å². The van der Waals surface area contributed by atoms with Crippen molar-refractivity contribution in [1.82, 2.24) is 0 Å². The standard InChI is InChI=1S/C11H15Br2O4P/c1-3-15-18(14,16-4-2)17-8-9-5-10(12)7-11(13)6-9/h5-7H,3-4,8H2,1-2H3. The maximum absolute atomic E-state index is 12.1. The Bertz CT molecular complexity index is 409. The number of phosphoric ester groups is 1. The van der Waals surface area contributed by atoms with Crippen LogP contribution >= 0.6 is 39.7 Å². The molecule has 7 heteroatoms. The number of rotatable bonds is 7. The maximum Gasteiger partial charge on any atom is 0.475 e. The lowest BCUT2D eigenvalue weighted by atomic mass is 10.2. The highest BCUT2D eigenvalue weighted by Gasteiger charge is 2.25. The van der Waals surface area contributed by atoms with Crippen LogP contribution in [0.2, 0.25) is 0 Å². The van der Waals surface area contributed by atoms with Gasteiger partial charge in [-0.05, 0) is 37.6 Å². The first-order chi connectivity index (χ1) is 8.49. The summed E-state index contributed by atoms with van der Waals surface area (Å²) in [5, 5.41) is 0. The van der Waals surface area contributed by atoms with Gasteiger partial charge in [-0.2, -0.15) is 0 Å². The molecule has 0 N–H and O–H groups in total. The second kappa shape index (κ2) is 7.78. The number of halogens is 2. The topological polar surface area (TPSA) is 44.8 Å². The van der Waals surface area contributed by atoms with Gasteiger partial charge < -0.3 is 0 Å². The van der Waals surface area contributed by atoms with E-state index in [1.54, 1.807) is 13.8 Å². The molecule has 0 unspecified atom stereocenters. The highest BCUT2D eigenvalue weighted by Crippen LogP contribution is 2.49. The van der Waals surface area contributed by atoms with E-state index in [4.69, 9.17) is 13.6 Å². The molecular formula is C11H15Br2O4P. The monoisotopic (exact) mass is 400 g/mol. The first-order valence-electron chi connectivity index (χ1n) is 5.47. The third-order valence-electron chi connectivity index (χ3n) is 1.89. The maximum atomic E-state index is 12.1. The normalized spacial score (nSPS) is 11.8. The predicted octanol–water partition coefficient (Wildman–Crippen LogP) is 4.91. The number of hydrogen-bond acceptors (Lipinski definition) is 4. The van der Waals surface area contributed by atoms with Gasteiger partial charge in [-0.3, -0.25) is 13.6 Å². The molecule has 18 heavy (non-hydrogen) atoms. The highest BCUT2D eigenvalue weighted by molar-refractivity contribution is 9.11. The molecule has 0 amide bonds. The molecule has 4 nitrogen and oxygen atoms in total. The molecule has 1 rings (SSSR count). The molecule has 0 aliphatic rings. The average Bonchev–Trinajstić information content (AvgIpc) is 2.26. The number of benzene rings is 1. The molecule has 0 radical (unpaired) electrons. The van der Waals surface area contributed by atoms with Gasteiger partial charge in [0.1, 0.15) is 0 Å². The van der Waals surface area contributed by atoms with E-state index in [1.165, 1.54) is 0 Å². The molecule has 102 valence electrons. The summed E-state index contributed by atoms with van der Waals surface area (Å²) in [5.74, 6) is 0. The molecule has 0 atom stereocenters. The quantitative estimate of drug-likeness (QED) is 0.609. The summed E-state index contributed by atoms with van der Waals surface area (Å²) in [6.45, 7) is 4.20. The molecule has 0 saturated carbocycles. The van der Waals surface area contributed by atoms with Crippen LogP contribution in [0, 0.1) is 0 Å². The van der Waals surface area contributed by atoms with Gasteiger partial charge in [0.2, 0.25) is 0 Å². The number of phosphoric acid groups is 1. The Labute approximate surface area is 124 Å². The van der Waals surface area contributed by atoms with Crippen LogP contribution in [0.15, 0.2) is 27.1 Å². The van der Waals surface area contributed by atoms with Crippen LogP contribution in [0.5, 0.6) is 0 Å². The van der Waals surface area contributed by atoms with Crippen LogP contribution in [0.25, 0.3) is 0 Å². The predicted molar refractivity (Wildman–Crippen MR) is 77.5 cm³/mol. The molecule has 0 heterocycles. The fraction of sp³-hybridized carbons (Fsp3) is 0.455. The Morgan fingerprint density at radius 1 is 1.00 bits per heavy atom. The molecule has 1 aromatic carbocycles. The fourth-order valence-corrected chi connectivity index (χ4v) is 3.83. The smallest absolute Gasteiger partial charge is 0.287 e. The highest BCUT2D eigenvalue weighted by atomic mass is 79.9. The minimum Gasteiger partial charge on any atom is -0.287 e. The van der Waals surface area contributed by atoms with E-state index < -0.39 is 7.82 Å².